The molecule has 0 atom stereocenters. The fraction of sp³-hybridized carbons (Fsp3) is 0.250. The van der Waals surface area contributed by atoms with Crippen molar-refractivity contribution in [3.63, 3.8) is 0 Å². The first-order chi connectivity index (χ1) is 14.8. The first-order valence-electron chi connectivity index (χ1n) is 9.03. The van der Waals surface area contributed by atoms with Crippen LogP contribution >= 0.6 is 0 Å². The van der Waals surface area contributed by atoms with Gasteiger partial charge in [0.25, 0.3) is 5.91 Å². The molecule has 32 heavy (non-hydrogen) atoms. The fourth-order valence-corrected chi connectivity index (χ4v) is 2.91. The van der Waals surface area contributed by atoms with Gasteiger partial charge < -0.3 is 10.1 Å². The van der Waals surface area contributed by atoms with E-state index in [0.29, 0.717) is 18.2 Å². The van der Waals surface area contributed by atoms with Crippen LogP contribution in [0.15, 0.2) is 42.5 Å². The molecule has 0 saturated carbocycles. The van der Waals surface area contributed by atoms with Crippen molar-refractivity contribution in [3.8, 4) is 5.75 Å². The Morgan fingerprint density at radius 2 is 1.53 bits per heavy atom. The molecule has 0 aromatic heterocycles. The number of hydrogen-bond donors (Lipinski definition) is 1. The number of rotatable bonds is 5. The lowest BCUT2D eigenvalue weighted by Gasteiger charge is -2.17. The van der Waals surface area contributed by atoms with Crippen molar-refractivity contribution >= 4 is 29.1 Å². The minimum atomic E-state index is -4.81. The second-order valence-electron chi connectivity index (χ2n) is 6.74. The SMILES string of the molecule is O=C(Nc1cc(C(F)(F)F)ccc1OCC(F)(F)F)c1ccc(N2C(=O)CCC2=O)cc1. The maximum absolute atomic E-state index is 13.0. The Morgan fingerprint density at radius 1 is 0.938 bits per heavy atom. The maximum atomic E-state index is 13.0. The molecule has 12 heteroatoms. The van der Waals surface area contributed by atoms with E-state index in [-0.39, 0.29) is 24.1 Å². The number of carbonyl (C=O) groups is 3. The van der Waals surface area contributed by atoms with Crippen LogP contribution < -0.4 is 15.0 Å². The van der Waals surface area contributed by atoms with Crippen LogP contribution in [0.25, 0.3) is 0 Å². The van der Waals surface area contributed by atoms with Crippen LogP contribution in [-0.4, -0.2) is 30.5 Å². The van der Waals surface area contributed by atoms with Gasteiger partial charge in [0.1, 0.15) is 5.75 Å². The molecule has 0 bridgehead atoms. The van der Waals surface area contributed by atoms with Crippen LogP contribution in [0.3, 0.4) is 0 Å². The number of anilines is 2. The Kier molecular flexibility index (Phi) is 6.15. The summed E-state index contributed by atoms with van der Waals surface area (Å²) in [4.78, 5) is 36.9. The molecule has 1 fully saturated rings. The van der Waals surface area contributed by atoms with Crippen molar-refractivity contribution in [3.05, 3.63) is 53.6 Å². The Labute approximate surface area is 176 Å². The largest absolute Gasteiger partial charge is 0.482 e. The zero-order valence-corrected chi connectivity index (χ0v) is 16.0. The Morgan fingerprint density at radius 3 is 2.06 bits per heavy atom. The van der Waals surface area contributed by atoms with Crippen molar-refractivity contribution in [1.82, 2.24) is 0 Å². The molecule has 1 aliphatic heterocycles. The van der Waals surface area contributed by atoms with Gasteiger partial charge in [0.2, 0.25) is 11.8 Å². The molecule has 0 spiro atoms. The number of carbonyl (C=O) groups excluding carboxylic acids is 3. The topological polar surface area (TPSA) is 75.7 Å². The smallest absolute Gasteiger partial charge is 0.422 e. The van der Waals surface area contributed by atoms with Crippen LogP contribution in [0.2, 0.25) is 0 Å². The van der Waals surface area contributed by atoms with Crippen LogP contribution in [0, 0.1) is 0 Å². The fourth-order valence-electron chi connectivity index (χ4n) is 2.91. The maximum Gasteiger partial charge on any atom is 0.422 e. The normalized spacial score (nSPS) is 14.6. The number of imide groups is 1. The molecular weight excluding hydrogens is 446 g/mol. The average Bonchev–Trinajstić information content (AvgIpc) is 3.04. The molecule has 1 aliphatic rings. The molecule has 1 heterocycles. The quantitative estimate of drug-likeness (QED) is 0.525. The summed E-state index contributed by atoms with van der Waals surface area (Å²) in [6.07, 6.45) is -9.45. The summed E-state index contributed by atoms with van der Waals surface area (Å²) in [5, 5.41) is 2.10. The zero-order chi connectivity index (χ0) is 23.7. The van der Waals surface area contributed by atoms with Gasteiger partial charge >= 0.3 is 12.4 Å². The summed E-state index contributed by atoms with van der Waals surface area (Å²) in [6, 6.07) is 6.69. The molecule has 2 aromatic rings. The molecule has 170 valence electrons. The third kappa shape index (κ3) is 5.37. The Hall–Kier alpha value is -3.57. The van der Waals surface area contributed by atoms with Crippen molar-refractivity contribution in [2.45, 2.75) is 25.2 Å². The minimum absolute atomic E-state index is 0.0529. The van der Waals surface area contributed by atoms with E-state index in [4.69, 9.17) is 0 Å². The number of nitrogens with zero attached hydrogens (tertiary/aromatic N) is 1. The van der Waals surface area contributed by atoms with Crippen molar-refractivity contribution < 1.29 is 45.5 Å². The Bertz CT molecular complexity index is 1030. The molecule has 3 rings (SSSR count). The molecule has 6 nitrogen and oxygen atoms in total. The molecule has 1 saturated heterocycles. The molecule has 0 aliphatic carbocycles. The minimum Gasteiger partial charge on any atom is -0.482 e. The highest BCUT2D eigenvalue weighted by molar-refractivity contribution is 6.20. The number of benzene rings is 2. The summed E-state index contributed by atoms with van der Waals surface area (Å²) in [5.74, 6) is -2.37. The van der Waals surface area contributed by atoms with Crippen molar-refractivity contribution in [2.24, 2.45) is 0 Å². The van der Waals surface area contributed by atoms with Gasteiger partial charge in [-0.05, 0) is 42.5 Å². The van der Waals surface area contributed by atoms with Crippen molar-refractivity contribution in [1.29, 1.82) is 0 Å². The second kappa shape index (κ2) is 8.52. The van der Waals surface area contributed by atoms with Gasteiger partial charge in [-0.15, -0.1) is 0 Å². The summed E-state index contributed by atoms with van der Waals surface area (Å²) in [7, 11) is 0. The second-order valence-corrected chi connectivity index (χ2v) is 6.74. The predicted octanol–water partition coefficient (Wildman–Crippen LogP) is 4.55. The van der Waals surface area contributed by atoms with Gasteiger partial charge in [-0.3, -0.25) is 19.3 Å². The predicted molar refractivity (Wildman–Crippen MR) is 99.1 cm³/mol. The first kappa shape index (κ1) is 23.1. The summed E-state index contributed by atoms with van der Waals surface area (Å²) >= 11 is 0. The van der Waals surface area contributed by atoms with Gasteiger partial charge in [0, 0.05) is 18.4 Å². The average molecular weight is 460 g/mol. The van der Waals surface area contributed by atoms with Crippen LogP contribution in [0.5, 0.6) is 5.75 Å². The van der Waals surface area contributed by atoms with E-state index in [1.807, 2.05) is 0 Å². The third-order valence-corrected chi connectivity index (χ3v) is 4.39. The van der Waals surface area contributed by atoms with Gasteiger partial charge in [-0.1, -0.05) is 0 Å². The molecule has 0 unspecified atom stereocenters. The van der Waals surface area contributed by atoms with Crippen LogP contribution in [0.4, 0.5) is 37.7 Å². The number of nitrogens with one attached hydrogen (secondary N) is 1. The number of alkyl halides is 6. The van der Waals surface area contributed by atoms with Crippen molar-refractivity contribution in [2.75, 3.05) is 16.8 Å². The first-order valence-corrected chi connectivity index (χ1v) is 9.03. The van der Waals surface area contributed by atoms with Crippen LogP contribution in [0.1, 0.15) is 28.8 Å². The van der Waals surface area contributed by atoms with Gasteiger partial charge in [-0.25, -0.2) is 0 Å². The van der Waals surface area contributed by atoms with Gasteiger partial charge in [-0.2, -0.15) is 26.3 Å². The lowest BCUT2D eigenvalue weighted by atomic mass is 10.1. The summed E-state index contributed by atoms with van der Waals surface area (Å²) in [6.45, 7) is -1.77. The van der Waals surface area contributed by atoms with E-state index >= 15 is 0 Å². The van der Waals surface area contributed by atoms with Gasteiger partial charge in [0.05, 0.1) is 16.9 Å². The third-order valence-electron chi connectivity index (χ3n) is 4.39. The number of ether oxygens (including phenoxy) is 1. The summed E-state index contributed by atoms with van der Waals surface area (Å²) in [5.41, 5.74) is -1.68. The number of amides is 3. The van der Waals surface area contributed by atoms with Gasteiger partial charge in [0.15, 0.2) is 6.61 Å². The lowest BCUT2D eigenvalue weighted by molar-refractivity contribution is -0.153. The lowest BCUT2D eigenvalue weighted by Crippen LogP contribution is -2.28. The highest BCUT2D eigenvalue weighted by atomic mass is 19.4. The number of halogens is 6. The van der Waals surface area contributed by atoms with E-state index in [2.05, 4.69) is 10.1 Å². The number of hydrogen-bond acceptors (Lipinski definition) is 4. The molecular formula is C20H14F6N2O4. The van der Waals surface area contributed by atoms with E-state index in [1.54, 1.807) is 0 Å². The van der Waals surface area contributed by atoms with E-state index in [9.17, 15) is 40.7 Å². The molecule has 1 N–H and O–H groups in total. The van der Waals surface area contributed by atoms with E-state index in [1.165, 1.54) is 24.3 Å². The summed E-state index contributed by atoms with van der Waals surface area (Å²) < 4.78 is 80.9. The molecule has 3 amide bonds. The highest BCUT2D eigenvalue weighted by Crippen LogP contribution is 2.36. The highest BCUT2D eigenvalue weighted by Gasteiger charge is 2.33. The molecule has 2 aromatic carbocycles. The Balaban J connectivity index is 1.83. The van der Waals surface area contributed by atoms with E-state index < -0.39 is 53.7 Å². The molecule has 0 radical (unpaired) electrons. The standard InChI is InChI=1S/C20H14F6N2O4/c21-19(22,23)10-32-15-6-3-12(20(24,25)26)9-14(15)27-18(31)11-1-4-13(5-2-11)28-16(29)7-8-17(28)30/h1-6,9H,7-8,10H2,(H,27,31). The van der Waals surface area contributed by atoms with Crippen LogP contribution in [-0.2, 0) is 15.8 Å². The van der Waals surface area contributed by atoms with E-state index in [0.717, 1.165) is 4.90 Å². The monoisotopic (exact) mass is 460 g/mol. The zero-order valence-electron chi connectivity index (χ0n) is 16.0.